The van der Waals surface area contributed by atoms with Crippen molar-refractivity contribution in [2.24, 2.45) is 0 Å². The van der Waals surface area contributed by atoms with Crippen LogP contribution >= 0.6 is 23.2 Å². The lowest BCUT2D eigenvalue weighted by Crippen LogP contribution is -2.53. The number of sulfonamides is 1. The van der Waals surface area contributed by atoms with Gasteiger partial charge in [0, 0.05) is 23.2 Å². The molecule has 11 heteroatoms. The number of benzene rings is 3. The highest BCUT2D eigenvalue weighted by Gasteiger charge is 2.34. The minimum absolute atomic E-state index is 0.00300. The van der Waals surface area contributed by atoms with Crippen LogP contribution in [0.1, 0.15) is 50.2 Å². The maximum Gasteiger partial charge on any atom is 0.264 e. The normalized spacial score (nSPS) is 14.7. The number of nitrogens with one attached hydrogen (secondary N) is 1. The van der Waals surface area contributed by atoms with Crippen molar-refractivity contribution in [1.29, 1.82) is 0 Å². The lowest BCUT2D eigenvalue weighted by atomic mass is 9.95. The van der Waals surface area contributed by atoms with Crippen molar-refractivity contribution in [3.8, 4) is 0 Å². The zero-order valence-corrected chi connectivity index (χ0v) is 25.9. The Hall–Kier alpha value is -3.14. The van der Waals surface area contributed by atoms with Gasteiger partial charge in [-0.15, -0.1) is 0 Å². The highest BCUT2D eigenvalue weighted by atomic mass is 35.5. The van der Waals surface area contributed by atoms with E-state index in [0.29, 0.717) is 0 Å². The molecule has 3 aromatic carbocycles. The van der Waals surface area contributed by atoms with Crippen LogP contribution < -0.4 is 9.62 Å². The summed E-state index contributed by atoms with van der Waals surface area (Å²) in [5.41, 5.74) is 1.05. The number of rotatable bonds is 10. The topological polar surface area (TPSA) is 86.8 Å². The molecule has 1 atom stereocenters. The molecule has 2 amide bonds. The molecule has 1 aliphatic rings. The summed E-state index contributed by atoms with van der Waals surface area (Å²) in [7, 11) is -4.32. The quantitative estimate of drug-likeness (QED) is 0.276. The lowest BCUT2D eigenvalue weighted by Gasteiger charge is -2.33. The molecule has 0 aliphatic heterocycles. The summed E-state index contributed by atoms with van der Waals surface area (Å²) < 4.78 is 43.5. The molecule has 1 fully saturated rings. The van der Waals surface area contributed by atoms with Crippen molar-refractivity contribution >= 4 is 50.7 Å². The summed E-state index contributed by atoms with van der Waals surface area (Å²) in [6.45, 7) is 2.44. The first-order valence-electron chi connectivity index (χ1n) is 13.8. The van der Waals surface area contributed by atoms with E-state index in [9.17, 15) is 22.4 Å². The second-order valence-corrected chi connectivity index (χ2v) is 13.3. The van der Waals surface area contributed by atoms with Crippen LogP contribution in [0.3, 0.4) is 0 Å². The molecular weight excluding hydrogens is 600 g/mol. The Balaban J connectivity index is 1.72. The molecule has 7 nitrogen and oxygen atoms in total. The molecule has 224 valence electrons. The number of nitrogens with zero attached hydrogens (tertiary/aromatic N) is 2. The molecule has 42 heavy (non-hydrogen) atoms. The van der Waals surface area contributed by atoms with Crippen LogP contribution in [0, 0.1) is 12.7 Å². The van der Waals surface area contributed by atoms with Gasteiger partial charge < -0.3 is 10.2 Å². The van der Waals surface area contributed by atoms with Crippen molar-refractivity contribution in [2.45, 2.75) is 69.5 Å². The summed E-state index contributed by atoms with van der Waals surface area (Å²) in [6.07, 6.45) is 4.80. The zero-order chi connectivity index (χ0) is 30.4. The Bertz CT molecular complexity index is 1530. The van der Waals surface area contributed by atoms with Gasteiger partial charge in [-0.25, -0.2) is 12.8 Å². The van der Waals surface area contributed by atoms with E-state index in [1.54, 1.807) is 25.1 Å². The van der Waals surface area contributed by atoms with Gasteiger partial charge in [-0.05, 0) is 63.1 Å². The molecule has 0 spiro atoms. The largest absolute Gasteiger partial charge is 0.352 e. The first-order valence-corrected chi connectivity index (χ1v) is 16.0. The number of amides is 2. The maximum atomic E-state index is 14.7. The highest BCUT2D eigenvalue weighted by molar-refractivity contribution is 7.92. The van der Waals surface area contributed by atoms with Gasteiger partial charge in [0.1, 0.15) is 18.4 Å². The zero-order valence-electron chi connectivity index (χ0n) is 23.5. The average Bonchev–Trinajstić information content (AvgIpc) is 2.97. The van der Waals surface area contributed by atoms with Crippen molar-refractivity contribution < 1.29 is 22.4 Å². The fraction of sp³-hybridized carbons (Fsp3) is 0.355. The third-order valence-electron chi connectivity index (χ3n) is 7.48. The predicted molar refractivity (Wildman–Crippen MR) is 164 cm³/mol. The Morgan fingerprint density at radius 3 is 2.33 bits per heavy atom. The first kappa shape index (κ1) is 31.8. The fourth-order valence-corrected chi connectivity index (χ4v) is 6.85. The predicted octanol–water partition coefficient (Wildman–Crippen LogP) is 6.50. The highest BCUT2D eigenvalue weighted by Crippen LogP contribution is 2.33. The molecule has 0 aromatic heterocycles. The number of carbonyl (C=O) groups is 2. The second-order valence-electron chi connectivity index (χ2n) is 10.6. The molecule has 4 rings (SSSR count). The number of hydrogen-bond donors (Lipinski definition) is 1. The van der Waals surface area contributed by atoms with Crippen LogP contribution in [0.2, 0.25) is 10.0 Å². The monoisotopic (exact) mass is 633 g/mol. The Kier molecular flexibility index (Phi) is 10.5. The number of halogens is 3. The van der Waals surface area contributed by atoms with Crippen molar-refractivity contribution in [3.05, 3.63) is 93.7 Å². The SMILES string of the molecule is Cc1ccc(S(=O)(=O)N(CC(=O)N(Cc2ccccc2F)[C@H](C)C(=O)NC2CCCCC2)c2cc(Cl)ccc2Cl)cc1. The van der Waals surface area contributed by atoms with Gasteiger partial charge in [0.2, 0.25) is 11.8 Å². The summed E-state index contributed by atoms with van der Waals surface area (Å²) in [5.74, 6) is -1.64. The Labute approximate surface area is 256 Å². The van der Waals surface area contributed by atoms with E-state index in [-0.39, 0.29) is 44.7 Å². The molecule has 0 bridgehead atoms. The Morgan fingerprint density at radius 2 is 1.67 bits per heavy atom. The standard InChI is InChI=1S/C31H34Cl2FN3O4S/c1-21-12-15-26(16-13-21)42(40,41)37(29-18-24(32)14-17-27(29)33)20-30(38)36(19-23-8-6-7-11-28(23)34)22(2)31(39)35-25-9-4-3-5-10-25/h6-8,11-18,22,25H,3-5,9-10,19-20H2,1-2H3,(H,35,39)/t22-/m1/s1. The number of aryl methyl sites for hydroxylation is 1. The van der Waals surface area contributed by atoms with E-state index in [2.05, 4.69) is 5.32 Å². The van der Waals surface area contributed by atoms with Crippen molar-refractivity contribution in [3.63, 3.8) is 0 Å². The van der Waals surface area contributed by atoms with Gasteiger partial charge in [-0.1, -0.05) is 78.4 Å². The Morgan fingerprint density at radius 1 is 1.00 bits per heavy atom. The van der Waals surface area contributed by atoms with Crippen LogP contribution in [0.5, 0.6) is 0 Å². The van der Waals surface area contributed by atoms with Crippen LogP contribution in [0.15, 0.2) is 71.6 Å². The van der Waals surface area contributed by atoms with Crippen molar-refractivity contribution in [2.75, 3.05) is 10.8 Å². The molecule has 0 heterocycles. The molecule has 1 N–H and O–H groups in total. The third kappa shape index (κ3) is 7.62. The van der Waals surface area contributed by atoms with E-state index < -0.39 is 34.3 Å². The molecule has 0 unspecified atom stereocenters. The molecule has 0 saturated heterocycles. The molecule has 1 aliphatic carbocycles. The lowest BCUT2D eigenvalue weighted by molar-refractivity contribution is -0.139. The molecule has 3 aromatic rings. The van der Waals surface area contributed by atoms with Gasteiger partial charge in [-0.3, -0.25) is 13.9 Å². The average molecular weight is 635 g/mol. The summed E-state index contributed by atoms with van der Waals surface area (Å²) in [4.78, 5) is 28.6. The smallest absolute Gasteiger partial charge is 0.264 e. The molecule has 1 saturated carbocycles. The van der Waals surface area contributed by atoms with Crippen LogP contribution in [0.25, 0.3) is 0 Å². The van der Waals surface area contributed by atoms with Crippen LogP contribution in [-0.4, -0.2) is 43.8 Å². The third-order valence-corrected chi connectivity index (χ3v) is 9.81. The van der Waals surface area contributed by atoms with E-state index in [0.717, 1.165) is 42.0 Å². The van der Waals surface area contributed by atoms with Crippen molar-refractivity contribution in [1.82, 2.24) is 10.2 Å². The number of anilines is 1. The van der Waals surface area contributed by atoms with Gasteiger partial charge >= 0.3 is 0 Å². The van der Waals surface area contributed by atoms with Crippen LogP contribution in [0.4, 0.5) is 10.1 Å². The van der Waals surface area contributed by atoms with Crippen LogP contribution in [-0.2, 0) is 26.2 Å². The fourth-order valence-electron chi connectivity index (χ4n) is 4.99. The number of hydrogen-bond acceptors (Lipinski definition) is 4. The molecular formula is C31H34Cl2FN3O4S. The van der Waals surface area contributed by atoms with Gasteiger partial charge in [0.05, 0.1) is 15.6 Å². The van der Waals surface area contributed by atoms with Gasteiger partial charge in [0.15, 0.2) is 0 Å². The first-order chi connectivity index (χ1) is 20.0. The van der Waals surface area contributed by atoms with Gasteiger partial charge in [0.25, 0.3) is 10.0 Å². The minimum Gasteiger partial charge on any atom is -0.352 e. The minimum atomic E-state index is -4.32. The van der Waals surface area contributed by atoms with E-state index in [4.69, 9.17) is 23.2 Å². The van der Waals surface area contributed by atoms with Gasteiger partial charge in [-0.2, -0.15) is 0 Å². The van der Waals surface area contributed by atoms with E-state index in [1.165, 1.54) is 53.4 Å². The number of carbonyl (C=O) groups excluding carboxylic acids is 2. The van der Waals surface area contributed by atoms with E-state index in [1.807, 2.05) is 6.92 Å². The summed E-state index contributed by atoms with van der Waals surface area (Å²) >= 11 is 12.7. The van der Waals surface area contributed by atoms with E-state index >= 15 is 0 Å². The summed E-state index contributed by atoms with van der Waals surface area (Å²) in [5, 5.41) is 3.30. The summed E-state index contributed by atoms with van der Waals surface area (Å²) in [6, 6.07) is 15.4. The molecule has 0 radical (unpaired) electrons. The maximum absolute atomic E-state index is 14.7. The second kappa shape index (κ2) is 13.9.